The van der Waals surface area contributed by atoms with Gasteiger partial charge in [-0.15, -0.1) is 5.10 Å². The molecule has 3 rings (SSSR count). The van der Waals surface area contributed by atoms with Crippen LogP contribution in [-0.4, -0.2) is 26.1 Å². The number of carbonyl (C=O) groups is 1. The van der Waals surface area contributed by atoms with Gasteiger partial charge in [-0.25, -0.2) is 13.5 Å². The molecule has 3 aromatic rings. The summed E-state index contributed by atoms with van der Waals surface area (Å²) in [6.45, 7) is 0. The Labute approximate surface area is 123 Å². The first-order chi connectivity index (χ1) is 10.6. The number of anilines is 1. The van der Waals surface area contributed by atoms with Crippen LogP contribution in [0.2, 0.25) is 0 Å². The molecule has 0 atom stereocenters. The lowest BCUT2D eigenvalue weighted by molar-refractivity contribution is 0.102. The maximum atomic E-state index is 13.1. The average Bonchev–Trinajstić information content (AvgIpc) is 3.05. The quantitative estimate of drug-likeness (QED) is 0.805. The van der Waals surface area contributed by atoms with E-state index < -0.39 is 17.5 Å². The summed E-state index contributed by atoms with van der Waals surface area (Å²) in [6.07, 6.45) is 1.40. The molecule has 0 fully saturated rings. The first-order valence-corrected chi connectivity index (χ1v) is 6.23. The van der Waals surface area contributed by atoms with Gasteiger partial charge in [0.1, 0.15) is 6.33 Å². The molecule has 0 saturated heterocycles. The highest BCUT2D eigenvalue weighted by molar-refractivity contribution is 6.04. The largest absolute Gasteiger partial charge is 0.322 e. The molecule has 6 nitrogen and oxygen atoms in total. The fraction of sp³-hybridized carbons (Fsp3) is 0. The molecule has 1 heterocycles. The lowest BCUT2D eigenvalue weighted by Gasteiger charge is -2.07. The van der Waals surface area contributed by atoms with Crippen molar-refractivity contribution >= 4 is 11.6 Å². The number of hydrogen-bond donors (Lipinski definition) is 1. The van der Waals surface area contributed by atoms with Crippen LogP contribution in [0.1, 0.15) is 10.4 Å². The number of benzene rings is 2. The van der Waals surface area contributed by atoms with E-state index in [2.05, 4.69) is 20.8 Å². The van der Waals surface area contributed by atoms with Crippen LogP contribution in [0.4, 0.5) is 14.5 Å². The van der Waals surface area contributed by atoms with E-state index in [9.17, 15) is 13.6 Å². The first-order valence-electron chi connectivity index (χ1n) is 6.23. The van der Waals surface area contributed by atoms with Gasteiger partial charge in [0.2, 0.25) is 0 Å². The monoisotopic (exact) mass is 301 g/mol. The van der Waals surface area contributed by atoms with Crippen molar-refractivity contribution in [3.05, 3.63) is 66.0 Å². The highest BCUT2D eigenvalue weighted by atomic mass is 19.2. The second-order valence-electron chi connectivity index (χ2n) is 4.39. The third kappa shape index (κ3) is 2.80. The van der Waals surface area contributed by atoms with Crippen LogP contribution in [0.5, 0.6) is 0 Å². The van der Waals surface area contributed by atoms with E-state index >= 15 is 0 Å². The Hall–Kier alpha value is -3.16. The fourth-order valence-corrected chi connectivity index (χ4v) is 1.85. The van der Waals surface area contributed by atoms with Crippen LogP contribution < -0.4 is 5.32 Å². The SMILES string of the molecule is O=C(Nc1ccc(F)c(F)c1)c1cccc(-n2cnnn2)c1. The fourth-order valence-electron chi connectivity index (χ4n) is 1.85. The van der Waals surface area contributed by atoms with E-state index in [1.54, 1.807) is 24.3 Å². The highest BCUT2D eigenvalue weighted by Gasteiger charge is 2.10. The van der Waals surface area contributed by atoms with E-state index in [-0.39, 0.29) is 5.69 Å². The van der Waals surface area contributed by atoms with Gasteiger partial charge >= 0.3 is 0 Å². The van der Waals surface area contributed by atoms with Crippen LogP contribution in [0.15, 0.2) is 48.8 Å². The van der Waals surface area contributed by atoms with Gasteiger partial charge in [-0.2, -0.15) is 0 Å². The molecule has 8 heteroatoms. The molecular weight excluding hydrogens is 292 g/mol. The lowest BCUT2D eigenvalue weighted by Crippen LogP contribution is -2.12. The minimum absolute atomic E-state index is 0.164. The molecule has 0 spiro atoms. The van der Waals surface area contributed by atoms with E-state index in [0.717, 1.165) is 12.1 Å². The Kier molecular flexibility index (Phi) is 3.57. The Balaban J connectivity index is 1.83. The highest BCUT2D eigenvalue weighted by Crippen LogP contribution is 2.15. The predicted octanol–water partition coefficient (Wildman–Crippen LogP) is 2.19. The van der Waals surface area contributed by atoms with E-state index in [1.807, 2.05) is 0 Å². The van der Waals surface area contributed by atoms with Gasteiger partial charge in [0.15, 0.2) is 11.6 Å². The number of tetrazole rings is 1. The summed E-state index contributed by atoms with van der Waals surface area (Å²) in [5.41, 5.74) is 1.09. The Morgan fingerprint density at radius 2 is 1.95 bits per heavy atom. The second kappa shape index (κ2) is 5.68. The van der Waals surface area contributed by atoms with Crippen molar-refractivity contribution in [3.8, 4) is 5.69 Å². The van der Waals surface area contributed by atoms with Crippen LogP contribution in [-0.2, 0) is 0 Å². The number of carbonyl (C=O) groups excluding carboxylic acids is 1. The van der Waals surface area contributed by atoms with Gasteiger partial charge in [-0.05, 0) is 40.8 Å². The molecule has 110 valence electrons. The van der Waals surface area contributed by atoms with Crippen molar-refractivity contribution in [1.29, 1.82) is 0 Å². The third-order valence-electron chi connectivity index (χ3n) is 2.90. The second-order valence-corrected chi connectivity index (χ2v) is 4.39. The molecule has 0 radical (unpaired) electrons. The van der Waals surface area contributed by atoms with Crippen molar-refractivity contribution in [1.82, 2.24) is 20.2 Å². The zero-order chi connectivity index (χ0) is 15.5. The van der Waals surface area contributed by atoms with Crippen LogP contribution in [0.25, 0.3) is 5.69 Å². The zero-order valence-corrected chi connectivity index (χ0v) is 11.1. The molecular formula is C14H9F2N5O. The first kappa shape index (κ1) is 13.8. The maximum absolute atomic E-state index is 13.1. The maximum Gasteiger partial charge on any atom is 0.255 e. The molecule has 0 aliphatic carbocycles. The van der Waals surface area contributed by atoms with Crippen molar-refractivity contribution in [2.75, 3.05) is 5.32 Å². The summed E-state index contributed by atoms with van der Waals surface area (Å²) in [6, 6.07) is 9.69. The summed E-state index contributed by atoms with van der Waals surface area (Å²) in [5, 5.41) is 13.2. The average molecular weight is 301 g/mol. The number of aromatic nitrogens is 4. The van der Waals surface area contributed by atoms with E-state index in [4.69, 9.17) is 0 Å². The molecule has 0 unspecified atom stereocenters. The third-order valence-corrected chi connectivity index (χ3v) is 2.90. The van der Waals surface area contributed by atoms with Crippen molar-refractivity contribution in [3.63, 3.8) is 0 Å². The molecule has 1 N–H and O–H groups in total. The standard InChI is InChI=1S/C14H9F2N5O/c15-12-5-4-10(7-13(12)16)18-14(22)9-2-1-3-11(6-9)21-8-17-19-20-21/h1-8H,(H,18,22). The van der Waals surface area contributed by atoms with Gasteiger partial charge in [0, 0.05) is 17.3 Å². The van der Waals surface area contributed by atoms with Crippen molar-refractivity contribution < 1.29 is 13.6 Å². The van der Waals surface area contributed by atoms with Gasteiger partial charge in [0.25, 0.3) is 5.91 Å². The van der Waals surface area contributed by atoms with E-state index in [0.29, 0.717) is 11.3 Å². The summed E-state index contributed by atoms with van der Waals surface area (Å²) in [7, 11) is 0. The number of nitrogens with zero attached hydrogens (tertiary/aromatic N) is 4. The molecule has 1 aromatic heterocycles. The van der Waals surface area contributed by atoms with Gasteiger partial charge < -0.3 is 5.32 Å². The molecule has 1 amide bonds. The Bertz CT molecular complexity index is 820. The minimum Gasteiger partial charge on any atom is -0.322 e. The Morgan fingerprint density at radius 1 is 1.09 bits per heavy atom. The summed E-state index contributed by atoms with van der Waals surface area (Å²) in [5.74, 6) is -2.46. The minimum atomic E-state index is -1.03. The lowest BCUT2D eigenvalue weighted by atomic mass is 10.2. The molecule has 22 heavy (non-hydrogen) atoms. The van der Waals surface area contributed by atoms with Crippen LogP contribution in [0.3, 0.4) is 0 Å². The zero-order valence-electron chi connectivity index (χ0n) is 11.1. The van der Waals surface area contributed by atoms with Crippen LogP contribution in [0, 0.1) is 11.6 Å². The predicted molar refractivity (Wildman–Crippen MR) is 73.5 cm³/mol. The van der Waals surface area contributed by atoms with Gasteiger partial charge in [-0.3, -0.25) is 4.79 Å². The number of nitrogens with one attached hydrogen (secondary N) is 1. The van der Waals surface area contributed by atoms with Crippen molar-refractivity contribution in [2.45, 2.75) is 0 Å². The summed E-state index contributed by atoms with van der Waals surface area (Å²) < 4.78 is 27.4. The topological polar surface area (TPSA) is 72.7 Å². The van der Waals surface area contributed by atoms with Crippen LogP contribution >= 0.6 is 0 Å². The molecule has 0 bridgehead atoms. The normalized spacial score (nSPS) is 10.5. The van der Waals surface area contributed by atoms with Gasteiger partial charge in [-0.1, -0.05) is 6.07 Å². The Morgan fingerprint density at radius 3 is 2.68 bits per heavy atom. The molecule has 0 saturated carbocycles. The molecule has 0 aliphatic rings. The molecule has 2 aromatic carbocycles. The number of rotatable bonds is 3. The molecule has 0 aliphatic heterocycles. The number of halogens is 2. The van der Waals surface area contributed by atoms with Crippen molar-refractivity contribution in [2.24, 2.45) is 0 Å². The smallest absolute Gasteiger partial charge is 0.255 e. The number of amides is 1. The summed E-state index contributed by atoms with van der Waals surface area (Å²) >= 11 is 0. The van der Waals surface area contributed by atoms with E-state index in [1.165, 1.54) is 17.1 Å². The number of hydrogen-bond acceptors (Lipinski definition) is 4. The van der Waals surface area contributed by atoms with Gasteiger partial charge in [0.05, 0.1) is 5.69 Å². The summed E-state index contributed by atoms with van der Waals surface area (Å²) in [4.78, 5) is 12.1.